The van der Waals surface area contributed by atoms with Crippen molar-refractivity contribution in [3.63, 3.8) is 0 Å². The van der Waals surface area contributed by atoms with Crippen molar-refractivity contribution in [3.05, 3.63) is 93.5 Å². The van der Waals surface area contributed by atoms with Gasteiger partial charge in [0.2, 0.25) is 0 Å². The summed E-state index contributed by atoms with van der Waals surface area (Å²) in [6.07, 6.45) is 0. The largest absolute Gasteiger partial charge is 0.337 e. The van der Waals surface area contributed by atoms with E-state index in [1.54, 1.807) is 18.0 Å². The van der Waals surface area contributed by atoms with Gasteiger partial charge < -0.3 is 9.88 Å². The van der Waals surface area contributed by atoms with Crippen LogP contribution in [0.15, 0.2) is 65.5 Å². The predicted molar refractivity (Wildman–Crippen MR) is 113 cm³/mol. The lowest BCUT2D eigenvalue weighted by Gasteiger charge is -2.17. The minimum absolute atomic E-state index is 0.136. The van der Waals surface area contributed by atoms with Crippen molar-refractivity contribution in [2.45, 2.75) is 20.4 Å². The lowest BCUT2D eigenvalue weighted by atomic mass is 10.1. The Hall–Kier alpha value is -3.67. The molecular weight excluding hydrogens is 364 g/mol. The Bertz CT molecular complexity index is 1260. The van der Waals surface area contributed by atoms with E-state index in [-0.39, 0.29) is 17.0 Å². The molecule has 0 aliphatic heterocycles. The van der Waals surface area contributed by atoms with Gasteiger partial charge in [0.1, 0.15) is 5.56 Å². The smallest absolute Gasteiger partial charge is 0.261 e. The number of carbonyl (C=O) groups is 1. The van der Waals surface area contributed by atoms with Gasteiger partial charge in [-0.25, -0.2) is 4.68 Å². The number of hydrogen-bond acceptors (Lipinski definition) is 3. The highest BCUT2D eigenvalue weighted by molar-refractivity contribution is 5.97. The average molecular weight is 386 g/mol. The van der Waals surface area contributed by atoms with Crippen LogP contribution in [0.25, 0.3) is 16.6 Å². The maximum atomic E-state index is 13.0. The Morgan fingerprint density at radius 2 is 1.76 bits per heavy atom. The van der Waals surface area contributed by atoms with Crippen LogP contribution in [0, 0.1) is 13.8 Å². The molecule has 0 saturated carbocycles. The number of pyridine rings is 1. The van der Waals surface area contributed by atoms with Crippen molar-refractivity contribution in [2.75, 3.05) is 7.05 Å². The average Bonchev–Trinajstić information content (AvgIpc) is 3.01. The molecular formula is C23H22N4O2. The fraction of sp³-hybridized carbons (Fsp3) is 0.174. The number of aromatic amines is 1. The van der Waals surface area contributed by atoms with E-state index >= 15 is 0 Å². The highest BCUT2D eigenvalue weighted by atomic mass is 16.2. The summed E-state index contributed by atoms with van der Waals surface area (Å²) in [7, 11) is 1.70. The van der Waals surface area contributed by atoms with Crippen molar-refractivity contribution in [1.29, 1.82) is 0 Å². The molecule has 0 bridgehead atoms. The van der Waals surface area contributed by atoms with Crippen LogP contribution in [0.1, 0.15) is 27.3 Å². The first kappa shape index (κ1) is 18.7. The van der Waals surface area contributed by atoms with Crippen LogP contribution in [0.4, 0.5) is 0 Å². The second-order valence-corrected chi connectivity index (χ2v) is 7.16. The van der Waals surface area contributed by atoms with Gasteiger partial charge in [-0.05, 0) is 43.5 Å². The third-order valence-corrected chi connectivity index (χ3v) is 5.17. The van der Waals surface area contributed by atoms with Gasteiger partial charge >= 0.3 is 0 Å². The molecule has 0 unspecified atom stereocenters. The Labute approximate surface area is 168 Å². The second-order valence-electron chi connectivity index (χ2n) is 7.16. The molecule has 0 atom stereocenters. The summed E-state index contributed by atoms with van der Waals surface area (Å²) in [6.45, 7) is 4.29. The molecule has 0 aliphatic carbocycles. The minimum atomic E-state index is -0.381. The fourth-order valence-corrected chi connectivity index (χ4v) is 3.55. The molecule has 2 heterocycles. The SMILES string of the molecule is Cc1nn(-c2ccccc2)c(C)c1CN(C)C(=O)c1cc2ccccc2[nH]c1=O. The molecule has 29 heavy (non-hydrogen) atoms. The molecule has 4 rings (SSSR count). The van der Waals surface area contributed by atoms with Crippen molar-refractivity contribution >= 4 is 16.8 Å². The van der Waals surface area contributed by atoms with Crippen LogP contribution in [-0.2, 0) is 6.54 Å². The molecule has 0 radical (unpaired) electrons. The number of hydrogen-bond donors (Lipinski definition) is 1. The first-order chi connectivity index (χ1) is 14.0. The number of carbonyl (C=O) groups excluding carboxylic acids is 1. The van der Waals surface area contributed by atoms with Crippen LogP contribution in [0.5, 0.6) is 0 Å². The van der Waals surface area contributed by atoms with E-state index in [0.29, 0.717) is 12.1 Å². The number of amides is 1. The topological polar surface area (TPSA) is 71.0 Å². The predicted octanol–water partition coefficient (Wildman–Crippen LogP) is 3.60. The number of fused-ring (bicyclic) bond motifs is 1. The number of benzene rings is 2. The van der Waals surface area contributed by atoms with Gasteiger partial charge in [-0.15, -0.1) is 0 Å². The summed E-state index contributed by atoms with van der Waals surface area (Å²) in [4.78, 5) is 29.8. The van der Waals surface area contributed by atoms with Gasteiger partial charge in [-0.2, -0.15) is 5.10 Å². The lowest BCUT2D eigenvalue weighted by Crippen LogP contribution is -2.31. The van der Waals surface area contributed by atoms with Crippen molar-refractivity contribution in [1.82, 2.24) is 19.7 Å². The molecule has 6 nitrogen and oxygen atoms in total. The molecule has 0 saturated heterocycles. The van der Waals surface area contributed by atoms with Crippen LogP contribution >= 0.6 is 0 Å². The lowest BCUT2D eigenvalue weighted by molar-refractivity contribution is 0.0783. The zero-order chi connectivity index (χ0) is 20.5. The van der Waals surface area contributed by atoms with Gasteiger partial charge in [-0.1, -0.05) is 36.4 Å². The zero-order valence-electron chi connectivity index (χ0n) is 16.6. The third kappa shape index (κ3) is 3.45. The van der Waals surface area contributed by atoms with Gasteiger partial charge in [0.05, 0.1) is 11.4 Å². The van der Waals surface area contributed by atoms with Gasteiger partial charge in [0, 0.05) is 30.4 Å². The van der Waals surface area contributed by atoms with E-state index in [1.165, 1.54) is 0 Å². The number of aromatic nitrogens is 3. The number of aryl methyl sites for hydroxylation is 1. The molecule has 2 aromatic carbocycles. The highest BCUT2D eigenvalue weighted by Crippen LogP contribution is 2.20. The minimum Gasteiger partial charge on any atom is -0.337 e. The maximum Gasteiger partial charge on any atom is 0.261 e. The monoisotopic (exact) mass is 386 g/mol. The molecule has 6 heteroatoms. The molecule has 2 aromatic heterocycles. The molecule has 4 aromatic rings. The number of nitrogens with one attached hydrogen (secondary N) is 1. The second kappa shape index (κ2) is 7.39. The summed E-state index contributed by atoms with van der Waals surface area (Å²) < 4.78 is 1.88. The van der Waals surface area contributed by atoms with E-state index in [4.69, 9.17) is 0 Å². The Kier molecular flexibility index (Phi) is 4.76. The van der Waals surface area contributed by atoms with Crippen LogP contribution in [-0.4, -0.2) is 32.6 Å². The first-order valence-corrected chi connectivity index (χ1v) is 9.44. The number of rotatable bonds is 4. The van der Waals surface area contributed by atoms with Crippen molar-refractivity contribution in [3.8, 4) is 5.69 Å². The van der Waals surface area contributed by atoms with E-state index in [0.717, 1.165) is 28.0 Å². The van der Waals surface area contributed by atoms with Crippen LogP contribution < -0.4 is 5.56 Å². The first-order valence-electron chi connectivity index (χ1n) is 9.44. The van der Waals surface area contributed by atoms with Crippen LogP contribution in [0.2, 0.25) is 0 Å². The number of para-hydroxylation sites is 2. The molecule has 0 aliphatic rings. The molecule has 0 spiro atoms. The highest BCUT2D eigenvalue weighted by Gasteiger charge is 2.20. The fourth-order valence-electron chi connectivity index (χ4n) is 3.55. The molecule has 146 valence electrons. The van der Waals surface area contributed by atoms with Crippen molar-refractivity contribution < 1.29 is 4.79 Å². The Morgan fingerprint density at radius 1 is 1.07 bits per heavy atom. The molecule has 0 fully saturated rings. The van der Waals surface area contributed by atoms with Crippen LogP contribution in [0.3, 0.4) is 0 Å². The van der Waals surface area contributed by atoms with E-state index in [9.17, 15) is 9.59 Å². The van der Waals surface area contributed by atoms with Gasteiger partial charge in [0.15, 0.2) is 0 Å². The summed E-state index contributed by atoms with van der Waals surface area (Å²) in [5, 5.41) is 5.46. The van der Waals surface area contributed by atoms with E-state index in [1.807, 2.05) is 73.1 Å². The molecule has 1 amide bonds. The van der Waals surface area contributed by atoms with Gasteiger partial charge in [0.25, 0.3) is 11.5 Å². The summed E-state index contributed by atoms with van der Waals surface area (Å²) in [5.74, 6) is -0.316. The number of nitrogens with zero attached hydrogens (tertiary/aromatic N) is 3. The Balaban J connectivity index is 1.64. The standard InChI is InChI=1S/C23H22N4O2/c1-15-20(16(2)27(25-15)18-10-5-4-6-11-18)14-26(3)23(29)19-13-17-9-7-8-12-21(17)24-22(19)28/h4-13H,14H2,1-3H3,(H,24,28). The number of H-pyrrole nitrogens is 1. The summed E-state index contributed by atoms with van der Waals surface area (Å²) in [6, 6.07) is 19.0. The maximum absolute atomic E-state index is 13.0. The zero-order valence-corrected chi connectivity index (χ0v) is 16.6. The Morgan fingerprint density at radius 3 is 2.52 bits per heavy atom. The quantitative estimate of drug-likeness (QED) is 0.582. The summed E-state index contributed by atoms with van der Waals surface area (Å²) >= 11 is 0. The van der Waals surface area contributed by atoms with E-state index in [2.05, 4.69) is 10.1 Å². The molecule has 1 N–H and O–H groups in total. The van der Waals surface area contributed by atoms with Gasteiger partial charge in [-0.3, -0.25) is 9.59 Å². The van der Waals surface area contributed by atoms with E-state index < -0.39 is 0 Å². The van der Waals surface area contributed by atoms with Crippen molar-refractivity contribution in [2.24, 2.45) is 0 Å². The third-order valence-electron chi connectivity index (χ3n) is 5.17. The summed E-state index contributed by atoms with van der Waals surface area (Å²) in [5.41, 5.74) is 4.25. The normalized spacial score (nSPS) is 11.0.